The molecule has 94 valence electrons. The lowest BCUT2D eigenvalue weighted by atomic mass is 10.2. The van der Waals surface area contributed by atoms with Gasteiger partial charge in [-0.05, 0) is 39.5 Å². The van der Waals surface area contributed by atoms with Gasteiger partial charge in [-0.25, -0.2) is 0 Å². The molecular weight excluding hydrogens is 332 g/mol. The van der Waals surface area contributed by atoms with Crippen LogP contribution in [0.25, 0.3) is 0 Å². The van der Waals surface area contributed by atoms with Crippen molar-refractivity contribution < 1.29 is 9.84 Å². The molecule has 18 heavy (non-hydrogen) atoms. The van der Waals surface area contributed by atoms with Crippen LogP contribution in [0.2, 0.25) is 0 Å². The molecule has 2 aromatic rings. The fraction of sp³-hybridized carbons (Fsp3) is 0.231. The minimum atomic E-state index is -0.583. The van der Waals surface area contributed by atoms with Gasteiger partial charge < -0.3 is 9.84 Å². The van der Waals surface area contributed by atoms with Gasteiger partial charge >= 0.3 is 0 Å². The van der Waals surface area contributed by atoms with Gasteiger partial charge in [0, 0.05) is 15.1 Å². The third-order valence-electron chi connectivity index (χ3n) is 2.80. The average Bonchev–Trinajstić information content (AvgIpc) is 2.83. The Bertz CT molecular complexity index is 555. The van der Waals surface area contributed by atoms with Gasteiger partial charge in [-0.1, -0.05) is 12.1 Å². The van der Waals surface area contributed by atoms with E-state index in [1.165, 1.54) is 0 Å². The molecule has 2 nitrogen and oxygen atoms in total. The number of thioether (sulfide) groups is 1. The van der Waals surface area contributed by atoms with Gasteiger partial charge in [-0.2, -0.15) is 0 Å². The van der Waals surface area contributed by atoms with E-state index >= 15 is 0 Å². The molecule has 2 atom stereocenters. The number of ether oxygens (including phenoxy) is 1. The Balaban J connectivity index is 1.82. The van der Waals surface area contributed by atoms with Crippen LogP contribution in [0.5, 0.6) is 5.75 Å². The van der Waals surface area contributed by atoms with Crippen LogP contribution in [0.1, 0.15) is 11.0 Å². The van der Waals surface area contributed by atoms with Crippen molar-refractivity contribution in [3.05, 3.63) is 45.1 Å². The molecule has 0 spiro atoms. The van der Waals surface area contributed by atoms with Crippen LogP contribution in [-0.2, 0) is 0 Å². The highest BCUT2D eigenvalue weighted by Gasteiger charge is 2.29. The van der Waals surface area contributed by atoms with Crippen molar-refractivity contribution in [2.45, 2.75) is 17.1 Å². The molecule has 1 aliphatic rings. The van der Waals surface area contributed by atoms with Gasteiger partial charge in [0.1, 0.15) is 18.0 Å². The van der Waals surface area contributed by atoms with Crippen molar-refractivity contribution in [1.82, 2.24) is 0 Å². The van der Waals surface area contributed by atoms with Crippen LogP contribution >= 0.6 is 39.0 Å². The maximum Gasteiger partial charge on any atom is 0.139 e. The minimum absolute atomic E-state index is 0.195. The number of fused-ring (bicyclic) bond motifs is 1. The van der Waals surface area contributed by atoms with Crippen LogP contribution in [-0.4, -0.2) is 17.0 Å². The maximum atomic E-state index is 10.4. The molecule has 1 N–H and O–H groups in total. The molecule has 0 radical (unpaired) electrons. The molecule has 1 aliphatic heterocycles. The number of para-hydroxylation sites is 1. The normalized spacial score (nSPS) is 20.0. The van der Waals surface area contributed by atoms with Crippen LogP contribution in [0, 0.1) is 0 Å². The first-order chi connectivity index (χ1) is 8.75. The fourth-order valence-corrected chi connectivity index (χ4v) is 4.55. The number of benzene rings is 1. The van der Waals surface area contributed by atoms with Gasteiger partial charge in [0.15, 0.2) is 0 Å². The Morgan fingerprint density at radius 3 is 2.94 bits per heavy atom. The summed E-state index contributed by atoms with van der Waals surface area (Å²) in [5.41, 5.74) is 0. The molecule has 0 aliphatic carbocycles. The standard InChI is InChI=1S/C13H11BrO2S2/c14-8-5-6-17-13(8)12(15)10-7-18-11-4-2-1-3-9(11)16-10/h1-6,10,12,15H,7H2. The van der Waals surface area contributed by atoms with E-state index in [1.807, 2.05) is 35.7 Å². The van der Waals surface area contributed by atoms with Gasteiger partial charge in [0.05, 0.1) is 4.88 Å². The van der Waals surface area contributed by atoms with Crippen LogP contribution in [0.3, 0.4) is 0 Å². The highest BCUT2D eigenvalue weighted by Crippen LogP contribution is 2.40. The van der Waals surface area contributed by atoms with Gasteiger partial charge in [0.2, 0.25) is 0 Å². The summed E-state index contributed by atoms with van der Waals surface area (Å²) >= 11 is 6.73. The van der Waals surface area contributed by atoms with E-state index in [2.05, 4.69) is 15.9 Å². The predicted octanol–water partition coefficient (Wildman–Crippen LogP) is 4.10. The van der Waals surface area contributed by atoms with Crippen molar-refractivity contribution in [2.75, 3.05) is 5.75 Å². The number of rotatable bonds is 2. The second-order valence-electron chi connectivity index (χ2n) is 3.99. The van der Waals surface area contributed by atoms with E-state index in [1.54, 1.807) is 23.1 Å². The van der Waals surface area contributed by atoms with E-state index < -0.39 is 6.10 Å². The number of hydrogen-bond donors (Lipinski definition) is 1. The van der Waals surface area contributed by atoms with Crippen molar-refractivity contribution in [3.8, 4) is 5.75 Å². The summed E-state index contributed by atoms with van der Waals surface area (Å²) in [5.74, 6) is 1.63. The van der Waals surface area contributed by atoms with Crippen LogP contribution < -0.4 is 4.74 Å². The first kappa shape index (κ1) is 12.5. The SMILES string of the molecule is OC(c1sccc1Br)C1CSc2ccccc2O1. The third-order valence-corrected chi connectivity index (χ3v) is 5.88. The van der Waals surface area contributed by atoms with E-state index in [0.717, 1.165) is 25.7 Å². The van der Waals surface area contributed by atoms with Crippen LogP contribution in [0.15, 0.2) is 45.1 Å². The van der Waals surface area contributed by atoms with Gasteiger partial charge in [0.25, 0.3) is 0 Å². The molecule has 0 saturated carbocycles. The number of thiophene rings is 1. The number of aliphatic hydroxyl groups is 1. The number of aliphatic hydroxyl groups excluding tert-OH is 1. The summed E-state index contributed by atoms with van der Waals surface area (Å²) in [5, 5.41) is 12.3. The molecule has 1 aromatic heterocycles. The summed E-state index contributed by atoms with van der Waals surface area (Å²) in [7, 11) is 0. The molecule has 2 unspecified atom stereocenters. The second kappa shape index (κ2) is 5.25. The molecule has 2 heterocycles. The predicted molar refractivity (Wildman–Crippen MR) is 78.6 cm³/mol. The fourth-order valence-electron chi connectivity index (χ4n) is 1.88. The lowest BCUT2D eigenvalue weighted by molar-refractivity contribution is 0.0477. The summed E-state index contributed by atoms with van der Waals surface area (Å²) < 4.78 is 6.84. The Labute approximate surface area is 122 Å². The molecule has 0 bridgehead atoms. The van der Waals surface area contributed by atoms with Crippen LogP contribution in [0.4, 0.5) is 0 Å². The Hall–Kier alpha value is -0.490. The molecule has 0 fully saturated rings. The zero-order chi connectivity index (χ0) is 12.5. The van der Waals surface area contributed by atoms with Crippen molar-refractivity contribution in [3.63, 3.8) is 0 Å². The molecular formula is C13H11BrO2S2. The van der Waals surface area contributed by atoms with Crippen molar-refractivity contribution >= 4 is 39.0 Å². The van der Waals surface area contributed by atoms with Crippen molar-refractivity contribution in [1.29, 1.82) is 0 Å². The monoisotopic (exact) mass is 342 g/mol. The Morgan fingerprint density at radius 1 is 1.33 bits per heavy atom. The lowest BCUT2D eigenvalue weighted by Gasteiger charge is -2.28. The molecule has 5 heteroatoms. The third kappa shape index (κ3) is 2.32. The number of halogens is 1. The Morgan fingerprint density at radius 2 is 2.17 bits per heavy atom. The largest absolute Gasteiger partial charge is 0.485 e. The average molecular weight is 343 g/mol. The molecule has 3 rings (SSSR count). The summed E-state index contributed by atoms with van der Waals surface area (Å²) in [6.45, 7) is 0. The van der Waals surface area contributed by atoms with Gasteiger partial charge in [-0.3, -0.25) is 0 Å². The van der Waals surface area contributed by atoms with E-state index in [9.17, 15) is 5.11 Å². The summed E-state index contributed by atoms with van der Waals surface area (Å²) in [6.07, 6.45) is -0.778. The lowest BCUT2D eigenvalue weighted by Crippen LogP contribution is -2.30. The Kier molecular flexibility index (Phi) is 3.66. The van der Waals surface area contributed by atoms with Gasteiger partial charge in [-0.15, -0.1) is 23.1 Å². The highest BCUT2D eigenvalue weighted by atomic mass is 79.9. The first-order valence-electron chi connectivity index (χ1n) is 5.55. The summed E-state index contributed by atoms with van der Waals surface area (Å²) in [6, 6.07) is 9.90. The zero-order valence-corrected chi connectivity index (χ0v) is 12.6. The maximum absolute atomic E-state index is 10.4. The summed E-state index contributed by atoms with van der Waals surface area (Å²) in [4.78, 5) is 2.08. The molecule has 0 saturated heterocycles. The van der Waals surface area contributed by atoms with E-state index in [-0.39, 0.29) is 6.10 Å². The topological polar surface area (TPSA) is 29.5 Å². The smallest absolute Gasteiger partial charge is 0.139 e. The molecule has 0 amide bonds. The number of hydrogen-bond acceptors (Lipinski definition) is 4. The quantitative estimate of drug-likeness (QED) is 0.890. The van der Waals surface area contributed by atoms with E-state index in [4.69, 9.17) is 4.74 Å². The van der Waals surface area contributed by atoms with E-state index in [0.29, 0.717) is 0 Å². The highest BCUT2D eigenvalue weighted by molar-refractivity contribution is 9.10. The minimum Gasteiger partial charge on any atom is -0.485 e. The zero-order valence-electron chi connectivity index (χ0n) is 9.38. The second-order valence-corrected chi connectivity index (χ2v) is 6.86. The molecule has 1 aromatic carbocycles. The van der Waals surface area contributed by atoms with Crippen molar-refractivity contribution in [2.24, 2.45) is 0 Å². The first-order valence-corrected chi connectivity index (χ1v) is 8.21.